The molecule has 2 fully saturated rings. The quantitative estimate of drug-likeness (QED) is 0.765. The average molecular weight is 411 g/mol. The molecule has 0 saturated carbocycles. The van der Waals surface area contributed by atoms with E-state index in [-0.39, 0.29) is 6.61 Å². The van der Waals surface area contributed by atoms with Gasteiger partial charge >= 0.3 is 0 Å². The minimum Gasteiger partial charge on any atom is -0.386 e. The predicted molar refractivity (Wildman–Crippen MR) is 102 cm³/mol. The van der Waals surface area contributed by atoms with Crippen molar-refractivity contribution in [3.8, 4) is 0 Å². The molecule has 0 unspecified atom stereocenters. The van der Waals surface area contributed by atoms with Crippen molar-refractivity contribution in [2.45, 2.75) is 36.9 Å². The standard InChI is InChI=1S/C22H21NO7/c1-27-22-17(24)16(23-19(25)13-9-5-6-10-14(13)20(23)26)18-15(29-22)11-28-21(30-18)12-7-3-2-4-8-12/h2-10,15-18,21-22,24H,11H2,1H3/t15-,16-,17-,18-,21-,22+/m1/s1. The Morgan fingerprint density at radius 1 is 0.967 bits per heavy atom. The summed E-state index contributed by atoms with van der Waals surface area (Å²) >= 11 is 0. The molecule has 30 heavy (non-hydrogen) atoms. The summed E-state index contributed by atoms with van der Waals surface area (Å²) in [4.78, 5) is 27.3. The molecule has 2 saturated heterocycles. The summed E-state index contributed by atoms with van der Waals surface area (Å²) in [6.45, 7) is 0.163. The van der Waals surface area contributed by atoms with Crippen LogP contribution in [-0.4, -0.2) is 66.2 Å². The van der Waals surface area contributed by atoms with Crippen LogP contribution in [-0.2, 0) is 18.9 Å². The molecule has 0 radical (unpaired) electrons. The summed E-state index contributed by atoms with van der Waals surface area (Å²) in [5.41, 5.74) is 1.40. The summed E-state index contributed by atoms with van der Waals surface area (Å²) in [6.07, 6.45) is -4.42. The highest BCUT2D eigenvalue weighted by Crippen LogP contribution is 2.38. The van der Waals surface area contributed by atoms with E-state index in [0.29, 0.717) is 11.1 Å². The summed E-state index contributed by atoms with van der Waals surface area (Å²) < 4.78 is 23.0. The number of benzene rings is 2. The van der Waals surface area contributed by atoms with Gasteiger partial charge in [0.25, 0.3) is 11.8 Å². The Bertz CT molecular complexity index is 930. The first-order valence-electron chi connectivity index (χ1n) is 9.75. The predicted octanol–water partition coefficient (Wildman–Crippen LogP) is 1.50. The zero-order valence-corrected chi connectivity index (χ0v) is 16.2. The fourth-order valence-corrected chi connectivity index (χ4v) is 4.33. The number of amides is 2. The van der Waals surface area contributed by atoms with Gasteiger partial charge in [0.15, 0.2) is 12.6 Å². The smallest absolute Gasteiger partial charge is 0.261 e. The number of methoxy groups -OCH3 is 1. The number of nitrogens with zero attached hydrogens (tertiary/aromatic N) is 1. The van der Waals surface area contributed by atoms with E-state index < -0.39 is 48.7 Å². The Hall–Kier alpha value is -2.62. The molecule has 2 aromatic carbocycles. The molecule has 6 atom stereocenters. The zero-order valence-electron chi connectivity index (χ0n) is 16.2. The lowest BCUT2D eigenvalue weighted by Gasteiger charge is -2.49. The molecule has 3 aliphatic heterocycles. The van der Waals surface area contributed by atoms with Crippen molar-refractivity contribution in [2.24, 2.45) is 0 Å². The van der Waals surface area contributed by atoms with Gasteiger partial charge in [-0.1, -0.05) is 42.5 Å². The molecule has 0 aliphatic carbocycles. The third-order valence-corrected chi connectivity index (χ3v) is 5.76. The van der Waals surface area contributed by atoms with Crippen molar-refractivity contribution in [3.05, 3.63) is 71.3 Å². The van der Waals surface area contributed by atoms with Crippen LogP contribution in [0.15, 0.2) is 54.6 Å². The van der Waals surface area contributed by atoms with Crippen molar-refractivity contribution in [3.63, 3.8) is 0 Å². The van der Waals surface area contributed by atoms with Gasteiger partial charge in [-0.3, -0.25) is 14.5 Å². The van der Waals surface area contributed by atoms with Gasteiger partial charge < -0.3 is 24.1 Å². The lowest BCUT2D eigenvalue weighted by Crippen LogP contribution is -2.68. The van der Waals surface area contributed by atoms with E-state index in [9.17, 15) is 14.7 Å². The van der Waals surface area contributed by atoms with Crippen LogP contribution in [0.3, 0.4) is 0 Å². The first kappa shape index (κ1) is 19.3. The van der Waals surface area contributed by atoms with E-state index >= 15 is 0 Å². The molecule has 3 heterocycles. The average Bonchev–Trinajstić information content (AvgIpc) is 3.04. The summed E-state index contributed by atoms with van der Waals surface area (Å²) in [7, 11) is 1.39. The number of rotatable bonds is 3. The van der Waals surface area contributed by atoms with E-state index in [1.54, 1.807) is 24.3 Å². The van der Waals surface area contributed by atoms with Crippen LogP contribution in [0.25, 0.3) is 0 Å². The Balaban J connectivity index is 1.51. The van der Waals surface area contributed by atoms with Gasteiger partial charge in [0, 0.05) is 12.7 Å². The maximum absolute atomic E-state index is 13.1. The van der Waals surface area contributed by atoms with E-state index in [1.807, 2.05) is 30.3 Å². The van der Waals surface area contributed by atoms with Gasteiger partial charge in [-0.2, -0.15) is 0 Å². The van der Waals surface area contributed by atoms with Gasteiger partial charge in [0.1, 0.15) is 24.4 Å². The zero-order chi connectivity index (χ0) is 20.8. The van der Waals surface area contributed by atoms with Crippen LogP contribution in [0.1, 0.15) is 32.6 Å². The number of aliphatic hydroxyl groups excluding tert-OH is 1. The van der Waals surface area contributed by atoms with Crippen molar-refractivity contribution in [2.75, 3.05) is 13.7 Å². The minimum atomic E-state index is -1.28. The number of hydrogen-bond donors (Lipinski definition) is 1. The molecular formula is C22H21NO7. The van der Waals surface area contributed by atoms with Gasteiger partial charge in [0.05, 0.1) is 17.7 Å². The Kier molecular flexibility index (Phi) is 4.88. The fourth-order valence-electron chi connectivity index (χ4n) is 4.33. The molecule has 3 aliphatic rings. The summed E-state index contributed by atoms with van der Waals surface area (Å²) in [5, 5.41) is 11.0. The molecule has 5 rings (SSSR count). The molecule has 0 bridgehead atoms. The van der Waals surface area contributed by atoms with Crippen LogP contribution < -0.4 is 0 Å². The van der Waals surface area contributed by atoms with E-state index in [4.69, 9.17) is 18.9 Å². The highest BCUT2D eigenvalue weighted by Gasteiger charge is 2.56. The van der Waals surface area contributed by atoms with Crippen molar-refractivity contribution in [1.29, 1.82) is 0 Å². The van der Waals surface area contributed by atoms with E-state index in [2.05, 4.69) is 0 Å². The lowest BCUT2D eigenvalue weighted by molar-refractivity contribution is -0.345. The highest BCUT2D eigenvalue weighted by atomic mass is 16.7. The third-order valence-electron chi connectivity index (χ3n) is 5.76. The molecular weight excluding hydrogens is 390 g/mol. The third kappa shape index (κ3) is 2.96. The molecule has 156 valence electrons. The highest BCUT2D eigenvalue weighted by molar-refractivity contribution is 6.21. The largest absolute Gasteiger partial charge is 0.386 e. The van der Waals surface area contributed by atoms with Crippen LogP contribution in [0.2, 0.25) is 0 Å². The number of carbonyl (C=O) groups excluding carboxylic acids is 2. The Morgan fingerprint density at radius 2 is 1.60 bits per heavy atom. The number of aliphatic hydroxyl groups is 1. The minimum absolute atomic E-state index is 0.163. The maximum Gasteiger partial charge on any atom is 0.261 e. The Labute approximate surface area is 172 Å². The number of ether oxygens (including phenoxy) is 4. The topological polar surface area (TPSA) is 94.5 Å². The molecule has 8 nitrogen and oxygen atoms in total. The van der Waals surface area contributed by atoms with Gasteiger partial charge in [-0.05, 0) is 12.1 Å². The molecule has 2 amide bonds. The molecule has 0 aromatic heterocycles. The summed E-state index contributed by atoms with van der Waals surface area (Å²) in [5.74, 6) is -0.942. The van der Waals surface area contributed by atoms with Crippen molar-refractivity contribution in [1.82, 2.24) is 4.90 Å². The maximum atomic E-state index is 13.1. The Morgan fingerprint density at radius 3 is 2.23 bits per heavy atom. The van der Waals surface area contributed by atoms with Crippen LogP contribution in [0.4, 0.5) is 0 Å². The second-order valence-electron chi connectivity index (χ2n) is 7.46. The second kappa shape index (κ2) is 7.57. The normalized spacial score (nSPS) is 33.3. The van der Waals surface area contributed by atoms with Gasteiger partial charge in [-0.15, -0.1) is 0 Å². The van der Waals surface area contributed by atoms with Crippen LogP contribution >= 0.6 is 0 Å². The first-order chi connectivity index (χ1) is 14.6. The first-order valence-corrected chi connectivity index (χ1v) is 9.75. The molecule has 0 spiro atoms. The van der Waals surface area contributed by atoms with Gasteiger partial charge in [0.2, 0.25) is 0 Å². The molecule has 2 aromatic rings. The van der Waals surface area contributed by atoms with Crippen molar-refractivity contribution < 1.29 is 33.6 Å². The monoisotopic (exact) mass is 411 g/mol. The number of hydrogen-bond acceptors (Lipinski definition) is 7. The number of fused-ring (bicyclic) bond motifs is 2. The van der Waals surface area contributed by atoms with E-state index in [1.165, 1.54) is 7.11 Å². The van der Waals surface area contributed by atoms with Crippen LogP contribution in [0.5, 0.6) is 0 Å². The van der Waals surface area contributed by atoms with Gasteiger partial charge in [-0.25, -0.2) is 0 Å². The van der Waals surface area contributed by atoms with Crippen LogP contribution in [0, 0.1) is 0 Å². The molecule has 1 N–H and O–H groups in total. The lowest BCUT2D eigenvalue weighted by atomic mass is 9.93. The van der Waals surface area contributed by atoms with Crippen molar-refractivity contribution >= 4 is 11.8 Å². The SMILES string of the molecule is CO[C@H]1O[C@@H]2CO[C@@H](c3ccccc3)O[C@H]2[C@H](N2C(=O)c3ccccc3C2=O)[C@H]1O. The molecule has 8 heteroatoms. The van der Waals surface area contributed by atoms with E-state index in [0.717, 1.165) is 10.5 Å². The number of carbonyl (C=O) groups is 2. The number of imide groups is 1. The fraction of sp³-hybridized carbons (Fsp3) is 0.364. The summed E-state index contributed by atoms with van der Waals surface area (Å²) in [6, 6.07) is 14.9. The second-order valence-corrected chi connectivity index (χ2v) is 7.46.